The van der Waals surface area contributed by atoms with Crippen LogP contribution < -0.4 is 4.72 Å². The van der Waals surface area contributed by atoms with E-state index < -0.39 is 15.7 Å². The Kier molecular flexibility index (Phi) is 6.92. The summed E-state index contributed by atoms with van der Waals surface area (Å²) in [6.07, 6.45) is 9.29. The molecule has 3 aliphatic rings. The normalized spacial score (nSPS) is 24.7. The molecule has 1 atom stereocenters. The van der Waals surface area contributed by atoms with Gasteiger partial charge in [0.1, 0.15) is 11.3 Å². The summed E-state index contributed by atoms with van der Waals surface area (Å²) in [5, 5.41) is 7.86. The van der Waals surface area contributed by atoms with E-state index in [2.05, 4.69) is 21.9 Å². The van der Waals surface area contributed by atoms with Gasteiger partial charge >= 0.3 is 10.2 Å². The van der Waals surface area contributed by atoms with Gasteiger partial charge < -0.3 is 4.74 Å². The van der Waals surface area contributed by atoms with Gasteiger partial charge in [-0.3, -0.25) is 14.7 Å². The van der Waals surface area contributed by atoms with Gasteiger partial charge in [-0.05, 0) is 18.6 Å². The van der Waals surface area contributed by atoms with Gasteiger partial charge in [0.2, 0.25) is 0 Å². The van der Waals surface area contributed by atoms with Crippen LogP contribution in [0.4, 0.5) is 0 Å². The van der Waals surface area contributed by atoms with Gasteiger partial charge in [-0.2, -0.15) is 17.8 Å². The van der Waals surface area contributed by atoms with Crippen LogP contribution in [0.25, 0.3) is 0 Å². The molecule has 1 aromatic rings. The SMILES string of the molecule is CN=C(NS(=O)(=O)N1CCOCC1)C1=NN(C2(c3ccc(Cl)cc3Cl)C=CC=CC2)CC1. The lowest BCUT2D eigenvalue weighted by Crippen LogP contribution is -2.49. The number of benzene rings is 1. The Morgan fingerprint density at radius 1 is 1.22 bits per heavy atom. The molecule has 2 aliphatic heterocycles. The fourth-order valence-corrected chi connectivity index (χ4v) is 5.88. The number of hydrazone groups is 1. The van der Waals surface area contributed by atoms with Crippen molar-refractivity contribution < 1.29 is 13.2 Å². The average Bonchev–Trinajstić information content (AvgIpc) is 3.29. The van der Waals surface area contributed by atoms with Gasteiger partial charge in [-0.1, -0.05) is 53.6 Å². The van der Waals surface area contributed by atoms with E-state index in [1.54, 1.807) is 13.1 Å². The number of hydrogen-bond donors (Lipinski definition) is 1. The summed E-state index contributed by atoms with van der Waals surface area (Å²) in [5.41, 5.74) is 0.870. The summed E-state index contributed by atoms with van der Waals surface area (Å²) in [5.74, 6) is 0.242. The number of hydrogen-bond acceptors (Lipinski definition) is 6. The molecule has 11 heteroatoms. The third-order valence-corrected chi connectivity index (χ3v) is 7.78. The van der Waals surface area contributed by atoms with E-state index >= 15 is 0 Å². The molecule has 1 unspecified atom stereocenters. The van der Waals surface area contributed by atoms with E-state index in [0.717, 1.165) is 5.56 Å². The maximum absolute atomic E-state index is 12.8. The number of ether oxygens (including phenoxy) is 1. The standard InChI is InChI=1S/C21H25Cl2N5O3S/c1-24-20(26-32(29,30)27-11-13-31-14-12-27)19-7-10-28(25-19)21(8-3-2-4-9-21)17-6-5-16(22)15-18(17)23/h2-6,8,15H,7,9-14H2,1H3,(H,24,26). The minimum Gasteiger partial charge on any atom is -0.379 e. The lowest BCUT2D eigenvalue weighted by atomic mass is 9.83. The highest BCUT2D eigenvalue weighted by Crippen LogP contribution is 2.42. The van der Waals surface area contributed by atoms with Crippen LogP contribution in [0.1, 0.15) is 18.4 Å². The van der Waals surface area contributed by atoms with Crippen LogP contribution in [0.15, 0.2) is 52.6 Å². The van der Waals surface area contributed by atoms with Crippen molar-refractivity contribution in [3.8, 4) is 0 Å². The summed E-state index contributed by atoms with van der Waals surface area (Å²) in [7, 11) is -2.19. The van der Waals surface area contributed by atoms with Crippen LogP contribution in [0.3, 0.4) is 0 Å². The number of morpholine rings is 1. The Balaban J connectivity index is 1.62. The second-order valence-corrected chi connectivity index (χ2v) is 10.2. The Morgan fingerprint density at radius 2 is 2.00 bits per heavy atom. The maximum atomic E-state index is 12.8. The second-order valence-electron chi connectivity index (χ2n) is 7.65. The zero-order valence-electron chi connectivity index (χ0n) is 17.7. The number of amidine groups is 1. The molecule has 0 spiro atoms. The van der Waals surface area contributed by atoms with E-state index in [-0.39, 0.29) is 5.84 Å². The molecule has 1 aliphatic carbocycles. The van der Waals surface area contributed by atoms with Crippen LogP contribution in [-0.2, 0) is 20.5 Å². The summed E-state index contributed by atoms with van der Waals surface area (Å²) in [6, 6.07) is 5.45. The average molecular weight is 498 g/mol. The zero-order chi connectivity index (χ0) is 22.8. The highest BCUT2D eigenvalue weighted by molar-refractivity contribution is 7.87. The van der Waals surface area contributed by atoms with Crippen molar-refractivity contribution in [3.05, 3.63) is 58.1 Å². The maximum Gasteiger partial charge on any atom is 0.303 e. The molecule has 1 N–H and O–H groups in total. The molecule has 1 aromatic carbocycles. The summed E-state index contributed by atoms with van der Waals surface area (Å²) >= 11 is 12.7. The third-order valence-electron chi connectivity index (χ3n) is 5.74. The topological polar surface area (TPSA) is 86.6 Å². The molecule has 1 fully saturated rings. The van der Waals surface area contributed by atoms with E-state index in [4.69, 9.17) is 33.0 Å². The minimum absolute atomic E-state index is 0.242. The molecule has 0 bridgehead atoms. The Hall–Kier alpha value is -1.91. The summed E-state index contributed by atoms with van der Waals surface area (Å²) < 4.78 is 34.9. The summed E-state index contributed by atoms with van der Waals surface area (Å²) in [6.45, 7) is 1.95. The molecule has 0 amide bonds. The van der Waals surface area contributed by atoms with Crippen molar-refractivity contribution in [1.29, 1.82) is 0 Å². The van der Waals surface area contributed by atoms with Gasteiger partial charge in [0.05, 0.1) is 13.2 Å². The number of nitrogens with one attached hydrogen (secondary N) is 1. The highest BCUT2D eigenvalue weighted by atomic mass is 35.5. The fourth-order valence-electron chi connectivity index (χ4n) is 4.10. The first-order valence-corrected chi connectivity index (χ1v) is 12.5. The van der Waals surface area contributed by atoms with Crippen molar-refractivity contribution in [1.82, 2.24) is 14.0 Å². The van der Waals surface area contributed by atoms with Crippen molar-refractivity contribution in [3.63, 3.8) is 0 Å². The van der Waals surface area contributed by atoms with E-state index in [9.17, 15) is 8.42 Å². The van der Waals surface area contributed by atoms with Crippen LogP contribution in [0.5, 0.6) is 0 Å². The first-order chi connectivity index (χ1) is 15.4. The molecule has 0 aromatic heterocycles. The van der Waals surface area contributed by atoms with Crippen molar-refractivity contribution in [2.24, 2.45) is 10.1 Å². The summed E-state index contributed by atoms with van der Waals surface area (Å²) in [4.78, 5) is 4.19. The molecule has 172 valence electrons. The number of allylic oxidation sites excluding steroid dienone is 2. The molecule has 1 saturated heterocycles. The molecule has 32 heavy (non-hydrogen) atoms. The van der Waals surface area contributed by atoms with Gasteiger partial charge in [-0.15, -0.1) is 0 Å². The highest BCUT2D eigenvalue weighted by Gasteiger charge is 2.40. The number of halogens is 2. The van der Waals surface area contributed by atoms with Gasteiger partial charge in [0.15, 0.2) is 5.84 Å². The third kappa shape index (κ3) is 4.58. The predicted octanol–water partition coefficient (Wildman–Crippen LogP) is 2.96. The Bertz CT molecular complexity index is 1100. The monoisotopic (exact) mass is 497 g/mol. The molecule has 0 radical (unpaired) electrons. The molecule has 8 nitrogen and oxygen atoms in total. The second kappa shape index (κ2) is 9.52. The quantitative estimate of drug-likeness (QED) is 0.500. The Morgan fingerprint density at radius 3 is 2.66 bits per heavy atom. The van der Waals surface area contributed by atoms with E-state index in [1.165, 1.54) is 4.31 Å². The lowest BCUT2D eigenvalue weighted by Gasteiger charge is -2.40. The van der Waals surface area contributed by atoms with E-state index in [1.807, 2.05) is 29.3 Å². The number of aliphatic imine (C=N–C) groups is 1. The minimum atomic E-state index is -3.74. The van der Waals surface area contributed by atoms with Gasteiger partial charge in [0.25, 0.3) is 0 Å². The van der Waals surface area contributed by atoms with Gasteiger partial charge in [0, 0.05) is 48.7 Å². The van der Waals surface area contributed by atoms with Crippen LogP contribution >= 0.6 is 23.2 Å². The molecule has 4 rings (SSSR count). The molecular weight excluding hydrogens is 473 g/mol. The lowest BCUT2D eigenvalue weighted by molar-refractivity contribution is 0.0728. The Labute approximate surface area is 198 Å². The van der Waals surface area contributed by atoms with Crippen molar-refractivity contribution in [2.45, 2.75) is 18.4 Å². The van der Waals surface area contributed by atoms with Crippen LogP contribution in [-0.4, -0.2) is 69.2 Å². The molecular formula is C21H25Cl2N5O3S. The first-order valence-electron chi connectivity index (χ1n) is 10.3. The first kappa shape index (κ1) is 23.3. The predicted molar refractivity (Wildman–Crippen MR) is 128 cm³/mol. The number of nitrogens with zero attached hydrogens (tertiary/aromatic N) is 4. The number of rotatable bonds is 5. The smallest absolute Gasteiger partial charge is 0.303 e. The zero-order valence-corrected chi connectivity index (χ0v) is 20.0. The van der Waals surface area contributed by atoms with E-state index in [0.29, 0.717) is 61.4 Å². The van der Waals surface area contributed by atoms with Crippen LogP contribution in [0, 0.1) is 0 Å². The molecule has 2 heterocycles. The molecule has 0 saturated carbocycles. The van der Waals surface area contributed by atoms with Crippen molar-refractivity contribution >= 4 is 45.0 Å². The van der Waals surface area contributed by atoms with Crippen molar-refractivity contribution in [2.75, 3.05) is 39.9 Å². The van der Waals surface area contributed by atoms with Gasteiger partial charge in [-0.25, -0.2) is 0 Å². The largest absolute Gasteiger partial charge is 0.379 e. The van der Waals surface area contributed by atoms with Crippen LogP contribution in [0.2, 0.25) is 10.0 Å². The fraction of sp³-hybridized carbons (Fsp3) is 0.429.